The fraction of sp³-hybridized carbons (Fsp3) is 0.619. The second kappa shape index (κ2) is 10.1. The zero-order valence-electron chi connectivity index (χ0n) is 18.6. The van der Waals surface area contributed by atoms with Crippen LogP contribution in [0.1, 0.15) is 47.3 Å². The molecule has 1 aliphatic rings. The SMILES string of the molecule is CC[Si](C#C[C@]1(COC(C)=O)O[C@@H](n2ccc(=O)[nH]c2=O)C[C@@H]1OC(C)=O)(CC)CC. The lowest BCUT2D eigenvalue weighted by molar-refractivity contribution is -0.164. The Morgan fingerprint density at radius 2 is 1.87 bits per heavy atom. The summed E-state index contributed by atoms with van der Waals surface area (Å²) in [6.07, 6.45) is -0.298. The third-order valence-electron chi connectivity index (χ3n) is 5.81. The van der Waals surface area contributed by atoms with Crippen LogP contribution in [0.15, 0.2) is 21.9 Å². The van der Waals surface area contributed by atoms with Crippen LogP contribution in [0.2, 0.25) is 18.1 Å². The highest BCUT2D eigenvalue weighted by Gasteiger charge is 2.52. The Morgan fingerprint density at radius 3 is 2.39 bits per heavy atom. The lowest BCUT2D eigenvalue weighted by Gasteiger charge is -2.29. The van der Waals surface area contributed by atoms with Gasteiger partial charge >= 0.3 is 17.6 Å². The van der Waals surface area contributed by atoms with Crippen LogP contribution < -0.4 is 11.2 Å². The van der Waals surface area contributed by atoms with Gasteiger partial charge in [-0.25, -0.2) is 4.79 Å². The molecule has 31 heavy (non-hydrogen) atoms. The molecule has 3 atom stereocenters. The first-order valence-corrected chi connectivity index (χ1v) is 13.1. The smallest absolute Gasteiger partial charge is 0.330 e. The number of carbonyl (C=O) groups is 2. The second-order valence-corrected chi connectivity index (χ2v) is 12.6. The van der Waals surface area contributed by atoms with Crippen molar-refractivity contribution in [3.05, 3.63) is 33.1 Å². The highest BCUT2D eigenvalue weighted by molar-refractivity contribution is 6.87. The summed E-state index contributed by atoms with van der Waals surface area (Å²) in [5, 5.41) is 0. The molecule has 0 saturated carbocycles. The van der Waals surface area contributed by atoms with E-state index in [0.717, 1.165) is 18.1 Å². The molecule has 1 aromatic rings. The summed E-state index contributed by atoms with van der Waals surface area (Å²) in [4.78, 5) is 49.3. The first-order valence-electron chi connectivity index (χ1n) is 10.4. The lowest BCUT2D eigenvalue weighted by Crippen LogP contribution is -2.46. The average Bonchev–Trinajstić information content (AvgIpc) is 3.05. The van der Waals surface area contributed by atoms with Crippen LogP contribution in [0.25, 0.3) is 0 Å². The van der Waals surface area contributed by atoms with Gasteiger partial charge in [0.2, 0.25) is 5.60 Å². The van der Waals surface area contributed by atoms with E-state index in [0.29, 0.717) is 0 Å². The molecule has 1 saturated heterocycles. The molecule has 1 N–H and O–H groups in total. The normalized spacial score (nSPS) is 23.0. The fourth-order valence-corrected chi connectivity index (χ4v) is 6.15. The van der Waals surface area contributed by atoms with Gasteiger partial charge in [0, 0.05) is 32.5 Å². The number of aromatic nitrogens is 2. The van der Waals surface area contributed by atoms with Gasteiger partial charge in [0.1, 0.15) is 27.0 Å². The van der Waals surface area contributed by atoms with Gasteiger partial charge in [0.05, 0.1) is 0 Å². The van der Waals surface area contributed by atoms with Crippen LogP contribution in [0.4, 0.5) is 0 Å². The van der Waals surface area contributed by atoms with Crippen LogP contribution >= 0.6 is 0 Å². The van der Waals surface area contributed by atoms with E-state index >= 15 is 0 Å². The first kappa shape index (κ1) is 24.6. The zero-order valence-corrected chi connectivity index (χ0v) is 19.6. The van der Waals surface area contributed by atoms with E-state index in [4.69, 9.17) is 14.2 Å². The van der Waals surface area contributed by atoms with Crippen LogP contribution in [0, 0.1) is 11.5 Å². The van der Waals surface area contributed by atoms with Gasteiger partial charge in [0.25, 0.3) is 5.56 Å². The van der Waals surface area contributed by atoms with E-state index in [1.54, 1.807) is 0 Å². The summed E-state index contributed by atoms with van der Waals surface area (Å²) in [6, 6.07) is 4.03. The number of carbonyl (C=O) groups excluding carboxylic acids is 2. The molecule has 9 nitrogen and oxygen atoms in total. The molecular weight excluding hydrogens is 420 g/mol. The summed E-state index contributed by atoms with van der Waals surface area (Å²) in [6.45, 7) is 8.61. The molecule has 1 aliphatic heterocycles. The Kier molecular flexibility index (Phi) is 8.03. The molecule has 0 radical (unpaired) electrons. The molecule has 170 valence electrons. The highest BCUT2D eigenvalue weighted by Crippen LogP contribution is 2.39. The summed E-state index contributed by atoms with van der Waals surface area (Å²) < 4.78 is 18.2. The van der Waals surface area contributed by atoms with Crippen molar-refractivity contribution in [1.29, 1.82) is 0 Å². The fourth-order valence-electron chi connectivity index (χ4n) is 3.64. The van der Waals surface area contributed by atoms with Gasteiger partial charge in [-0.1, -0.05) is 26.7 Å². The van der Waals surface area contributed by atoms with E-state index in [-0.39, 0.29) is 13.0 Å². The second-order valence-electron chi connectivity index (χ2n) is 7.68. The number of nitrogens with zero attached hydrogens (tertiary/aromatic N) is 1. The molecule has 0 unspecified atom stereocenters. The van der Waals surface area contributed by atoms with E-state index in [2.05, 4.69) is 37.2 Å². The van der Waals surface area contributed by atoms with Gasteiger partial charge in [0.15, 0.2) is 0 Å². The van der Waals surface area contributed by atoms with Crippen LogP contribution in [0.5, 0.6) is 0 Å². The number of aromatic amines is 1. The number of H-pyrrole nitrogens is 1. The third kappa shape index (κ3) is 5.74. The minimum absolute atomic E-state index is 0.112. The Bertz CT molecular complexity index is 977. The van der Waals surface area contributed by atoms with Gasteiger partial charge < -0.3 is 14.2 Å². The summed E-state index contributed by atoms with van der Waals surface area (Å²) in [5.41, 5.74) is 0.809. The zero-order chi connectivity index (χ0) is 23.2. The molecule has 1 fully saturated rings. The summed E-state index contributed by atoms with van der Waals surface area (Å²) in [7, 11) is -1.92. The number of hydrogen-bond acceptors (Lipinski definition) is 7. The number of nitrogens with one attached hydrogen (secondary N) is 1. The minimum Gasteiger partial charge on any atom is -0.462 e. The van der Waals surface area contributed by atoms with E-state index in [9.17, 15) is 19.2 Å². The van der Waals surface area contributed by atoms with Crippen molar-refractivity contribution in [2.75, 3.05) is 6.61 Å². The van der Waals surface area contributed by atoms with Crippen molar-refractivity contribution in [3.63, 3.8) is 0 Å². The number of rotatable bonds is 7. The minimum atomic E-state index is -1.92. The van der Waals surface area contributed by atoms with E-state index < -0.39 is 49.2 Å². The van der Waals surface area contributed by atoms with E-state index in [1.165, 1.54) is 30.7 Å². The number of ether oxygens (including phenoxy) is 3. The van der Waals surface area contributed by atoms with Gasteiger partial charge in [-0.05, 0) is 18.1 Å². The van der Waals surface area contributed by atoms with Gasteiger partial charge in [-0.15, -0.1) is 5.54 Å². The number of hydrogen-bond donors (Lipinski definition) is 1. The van der Waals surface area contributed by atoms with E-state index in [1.807, 2.05) is 0 Å². The maximum absolute atomic E-state index is 12.3. The molecule has 2 heterocycles. The van der Waals surface area contributed by atoms with Crippen molar-refractivity contribution in [3.8, 4) is 11.5 Å². The molecule has 0 amide bonds. The predicted octanol–water partition coefficient (Wildman–Crippen LogP) is 1.74. The maximum Gasteiger partial charge on any atom is 0.330 e. The lowest BCUT2D eigenvalue weighted by atomic mass is 9.98. The molecule has 0 aliphatic carbocycles. The van der Waals surface area contributed by atoms with Crippen molar-refractivity contribution in [2.24, 2.45) is 0 Å². The molecule has 2 rings (SSSR count). The van der Waals surface area contributed by atoms with Crippen molar-refractivity contribution in [1.82, 2.24) is 9.55 Å². The standard InChI is InChI=1S/C21H30N2O7Si/c1-6-31(7-2,8-3)12-10-21(14-28-15(4)24)17(29-16(5)25)13-19(30-21)23-11-9-18(26)22-20(23)27/h9,11,17,19H,6-8,13-14H2,1-5H3,(H,22,26,27)/t17-,19+,21+/m0/s1. The molecule has 0 aromatic carbocycles. The summed E-state index contributed by atoms with van der Waals surface area (Å²) >= 11 is 0. The topological polar surface area (TPSA) is 117 Å². The Labute approximate surface area is 182 Å². The van der Waals surface area contributed by atoms with Crippen LogP contribution in [-0.2, 0) is 23.8 Å². The largest absolute Gasteiger partial charge is 0.462 e. The molecule has 10 heteroatoms. The molecule has 0 bridgehead atoms. The quantitative estimate of drug-likeness (QED) is 0.382. The van der Waals surface area contributed by atoms with Gasteiger partial charge in [-0.2, -0.15) is 0 Å². The van der Waals surface area contributed by atoms with Crippen molar-refractivity contribution in [2.45, 2.75) is 77.1 Å². The third-order valence-corrected chi connectivity index (χ3v) is 10.5. The Hall–Kier alpha value is -2.64. The van der Waals surface area contributed by atoms with Crippen molar-refractivity contribution >= 4 is 20.0 Å². The molecule has 0 spiro atoms. The van der Waals surface area contributed by atoms with Gasteiger partial charge in [-0.3, -0.25) is 23.9 Å². The average molecular weight is 451 g/mol. The first-order chi connectivity index (χ1) is 14.6. The molecular formula is C21H30N2O7Si. The van der Waals surface area contributed by atoms with Crippen LogP contribution in [0.3, 0.4) is 0 Å². The van der Waals surface area contributed by atoms with Crippen LogP contribution in [-0.4, -0.2) is 47.9 Å². The Morgan fingerprint density at radius 1 is 1.23 bits per heavy atom. The maximum atomic E-state index is 12.3. The summed E-state index contributed by atoms with van der Waals surface area (Å²) in [5.74, 6) is 2.11. The highest BCUT2D eigenvalue weighted by atomic mass is 28.3. The monoisotopic (exact) mass is 450 g/mol. The van der Waals surface area contributed by atoms with Crippen molar-refractivity contribution < 1.29 is 23.8 Å². The predicted molar refractivity (Wildman–Crippen MR) is 116 cm³/mol. The molecule has 1 aromatic heterocycles. The number of esters is 2. The Balaban J connectivity index is 2.57.